The molecule has 138 valence electrons. The van der Waals surface area contributed by atoms with E-state index in [0.717, 1.165) is 18.6 Å². The SMILES string of the molecule is O=C(c1ccc(C(F)(F)F)cc1)N1CCC2(CC1)OCCc1ccsc12. The molecule has 2 aliphatic rings. The number of fused-ring (bicyclic) bond motifs is 2. The molecule has 1 spiro atoms. The molecule has 0 atom stereocenters. The van der Waals surface area contributed by atoms with E-state index in [0.29, 0.717) is 32.5 Å². The van der Waals surface area contributed by atoms with Gasteiger partial charge in [-0.1, -0.05) is 0 Å². The van der Waals surface area contributed by atoms with Crippen molar-refractivity contribution in [2.24, 2.45) is 0 Å². The zero-order valence-corrected chi connectivity index (χ0v) is 14.8. The molecule has 1 saturated heterocycles. The van der Waals surface area contributed by atoms with Crippen LogP contribution in [0.1, 0.15) is 39.2 Å². The quantitative estimate of drug-likeness (QED) is 0.729. The molecule has 4 rings (SSSR count). The molecule has 0 unspecified atom stereocenters. The number of piperidine rings is 1. The molecule has 7 heteroatoms. The van der Waals surface area contributed by atoms with E-state index in [9.17, 15) is 18.0 Å². The number of hydrogen-bond donors (Lipinski definition) is 0. The normalized spacial score (nSPS) is 19.4. The smallest absolute Gasteiger partial charge is 0.369 e. The van der Waals surface area contributed by atoms with Crippen LogP contribution in [0.4, 0.5) is 13.2 Å². The van der Waals surface area contributed by atoms with E-state index in [2.05, 4.69) is 11.4 Å². The molecule has 1 fully saturated rings. The van der Waals surface area contributed by atoms with Crippen LogP contribution in [-0.4, -0.2) is 30.5 Å². The summed E-state index contributed by atoms with van der Waals surface area (Å²) < 4.78 is 44.1. The highest BCUT2D eigenvalue weighted by molar-refractivity contribution is 7.10. The maximum absolute atomic E-state index is 12.7. The highest BCUT2D eigenvalue weighted by Gasteiger charge is 2.42. The fourth-order valence-electron chi connectivity index (χ4n) is 3.78. The topological polar surface area (TPSA) is 29.5 Å². The van der Waals surface area contributed by atoms with Crippen molar-refractivity contribution in [3.8, 4) is 0 Å². The lowest BCUT2D eigenvalue weighted by Gasteiger charge is -2.43. The molecule has 1 aromatic carbocycles. The Morgan fingerprint density at radius 2 is 1.81 bits per heavy atom. The minimum absolute atomic E-state index is 0.226. The minimum atomic E-state index is -4.39. The minimum Gasteiger partial charge on any atom is -0.369 e. The van der Waals surface area contributed by atoms with Crippen LogP contribution in [0.3, 0.4) is 0 Å². The fourth-order valence-corrected chi connectivity index (χ4v) is 4.95. The van der Waals surface area contributed by atoms with Crippen LogP contribution in [-0.2, 0) is 22.9 Å². The lowest BCUT2D eigenvalue weighted by atomic mass is 9.85. The van der Waals surface area contributed by atoms with Crippen LogP contribution in [0, 0.1) is 0 Å². The Bertz CT molecular complexity index is 805. The Morgan fingerprint density at radius 1 is 1.12 bits per heavy atom. The van der Waals surface area contributed by atoms with Crippen molar-refractivity contribution in [1.82, 2.24) is 4.90 Å². The van der Waals surface area contributed by atoms with E-state index < -0.39 is 11.7 Å². The largest absolute Gasteiger partial charge is 0.416 e. The summed E-state index contributed by atoms with van der Waals surface area (Å²) in [6, 6.07) is 6.57. The molecule has 0 aliphatic carbocycles. The Labute approximate surface area is 153 Å². The number of carbonyl (C=O) groups is 1. The summed E-state index contributed by atoms with van der Waals surface area (Å²) in [6.07, 6.45) is -2.04. The number of alkyl halides is 3. The second kappa shape index (κ2) is 6.39. The van der Waals surface area contributed by atoms with Crippen molar-refractivity contribution in [2.45, 2.75) is 31.0 Å². The summed E-state index contributed by atoms with van der Waals surface area (Å²) in [5, 5.41) is 2.08. The number of hydrogen-bond acceptors (Lipinski definition) is 3. The van der Waals surface area contributed by atoms with Gasteiger partial charge in [-0.05, 0) is 60.5 Å². The zero-order chi connectivity index (χ0) is 18.4. The lowest BCUT2D eigenvalue weighted by molar-refractivity contribution is -0.137. The van der Waals surface area contributed by atoms with Gasteiger partial charge in [-0.2, -0.15) is 13.2 Å². The molecular formula is C19H18F3NO2S. The fraction of sp³-hybridized carbons (Fsp3) is 0.421. The first-order valence-electron chi connectivity index (χ1n) is 8.56. The van der Waals surface area contributed by atoms with Crippen molar-refractivity contribution < 1.29 is 22.7 Å². The molecule has 0 radical (unpaired) electrons. The van der Waals surface area contributed by atoms with Gasteiger partial charge < -0.3 is 9.64 Å². The summed E-state index contributed by atoms with van der Waals surface area (Å²) in [5.41, 5.74) is 0.574. The average molecular weight is 381 g/mol. The zero-order valence-electron chi connectivity index (χ0n) is 14.0. The summed E-state index contributed by atoms with van der Waals surface area (Å²) in [7, 11) is 0. The number of likely N-dealkylation sites (tertiary alicyclic amines) is 1. The average Bonchev–Trinajstić information content (AvgIpc) is 3.12. The van der Waals surface area contributed by atoms with Crippen LogP contribution in [0.15, 0.2) is 35.7 Å². The van der Waals surface area contributed by atoms with Gasteiger partial charge in [0.05, 0.1) is 12.2 Å². The third-order valence-corrected chi connectivity index (χ3v) is 6.37. The Morgan fingerprint density at radius 3 is 2.46 bits per heavy atom. The predicted octanol–water partition coefficient (Wildman–Crippen LogP) is 4.47. The number of carbonyl (C=O) groups excluding carboxylic acids is 1. The number of ether oxygens (including phenoxy) is 1. The molecular weight excluding hydrogens is 363 g/mol. The van der Waals surface area contributed by atoms with E-state index >= 15 is 0 Å². The number of nitrogens with zero attached hydrogens (tertiary/aromatic N) is 1. The second-order valence-electron chi connectivity index (χ2n) is 6.74. The van der Waals surface area contributed by atoms with Gasteiger partial charge in [0.15, 0.2) is 0 Å². The lowest BCUT2D eigenvalue weighted by Crippen LogP contribution is -2.47. The Hall–Kier alpha value is -1.86. The number of amides is 1. The van der Waals surface area contributed by atoms with Gasteiger partial charge in [0.25, 0.3) is 5.91 Å². The Kier molecular flexibility index (Phi) is 4.31. The van der Waals surface area contributed by atoms with Crippen molar-refractivity contribution in [3.63, 3.8) is 0 Å². The van der Waals surface area contributed by atoms with Crippen molar-refractivity contribution in [2.75, 3.05) is 19.7 Å². The van der Waals surface area contributed by atoms with Crippen molar-refractivity contribution in [1.29, 1.82) is 0 Å². The Balaban J connectivity index is 1.46. The number of thiophene rings is 1. The first-order chi connectivity index (χ1) is 12.4. The van der Waals surface area contributed by atoms with E-state index in [4.69, 9.17) is 4.74 Å². The molecule has 3 heterocycles. The molecule has 1 aromatic heterocycles. The molecule has 0 N–H and O–H groups in total. The maximum Gasteiger partial charge on any atom is 0.416 e. The standard InChI is InChI=1S/C19H18F3NO2S/c20-19(21,22)15-3-1-14(2-4-15)17(24)23-9-7-18(8-10-23)16-13(5-11-25-18)6-12-26-16/h1-4,6,12H,5,7-11H2. The molecule has 1 amide bonds. The molecule has 2 aliphatic heterocycles. The van der Waals surface area contributed by atoms with E-state index in [-0.39, 0.29) is 17.1 Å². The van der Waals surface area contributed by atoms with Crippen molar-refractivity contribution >= 4 is 17.2 Å². The van der Waals surface area contributed by atoms with Crippen LogP contribution >= 0.6 is 11.3 Å². The van der Waals surface area contributed by atoms with E-state index in [1.165, 1.54) is 22.6 Å². The number of benzene rings is 1. The van der Waals surface area contributed by atoms with Gasteiger partial charge >= 0.3 is 6.18 Å². The summed E-state index contributed by atoms with van der Waals surface area (Å²) in [6.45, 7) is 1.77. The highest BCUT2D eigenvalue weighted by atomic mass is 32.1. The van der Waals surface area contributed by atoms with E-state index in [1.807, 2.05) is 0 Å². The summed E-state index contributed by atoms with van der Waals surface area (Å²) in [5.74, 6) is -0.226. The number of rotatable bonds is 1. The second-order valence-corrected chi connectivity index (χ2v) is 7.65. The van der Waals surface area contributed by atoms with Crippen LogP contribution in [0.5, 0.6) is 0 Å². The van der Waals surface area contributed by atoms with Gasteiger partial charge in [0.2, 0.25) is 0 Å². The number of halogens is 3. The molecule has 2 aromatic rings. The molecule has 26 heavy (non-hydrogen) atoms. The van der Waals surface area contributed by atoms with Gasteiger partial charge in [-0.15, -0.1) is 11.3 Å². The molecule has 0 bridgehead atoms. The highest BCUT2D eigenvalue weighted by Crippen LogP contribution is 2.44. The first-order valence-corrected chi connectivity index (χ1v) is 9.44. The molecule has 0 saturated carbocycles. The maximum atomic E-state index is 12.7. The van der Waals surface area contributed by atoms with Gasteiger partial charge in [0.1, 0.15) is 5.60 Å². The monoisotopic (exact) mass is 381 g/mol. The predicted molar refractivity (Wildman–Crippen MR) is 92.2 cm³/mol. The summed E-state index contributed by atoms with van der Waals surface area (Å²) >= 11 is 1.71. The third kappa shape index (κ3) is 3.03. The van der Waals surface area contributed by atoms with Crippen LogP contribution < -0.4 is 0 Å². The van der Waals surface area contributed by atoms with Gasteiger partial charge in [0, 0.05) is 23.5 Å². The van der Waals surface area contributed by atoms with Gasteiger partial charge in [-0.25, -0.2) is 0 Å². The molecule has 3 nitrogen and oxygen atoms in total. The van der Waals surface area contributed by atoms with Crippen LogP contribution in [0.2, 0.25) is 0 Å². The first kappa shape index (κ1) is 17.5. The van der Waals surface area contributed by atoms with Crippen LogP contribution in [0.25, 0.3) is 0 Å². The van der Waals surface area contributed by atoms with Gasteiger partial charge in [-0.3, -0.25) is 4.79 Å². The van der Waals surface area contributed by atoms with Crippen molar-refractivity contribution in [3.05, 3.63) is 57.3 Å². The summed E-state index contributed by atoms with van der Waals surface area (Å²) in [4.78, 5) is 15.6. The third-order valence-electron chi connectivity index (χ3n) is 5.23. The van der Waals surface area contributed by atoms with E-state index in [1.54, 1.807) is 16.2 Å².